The van der Waals surface area contributed by atoms with Crippen LogP contribution >= 0.6 is 15.0 Å². The summed E-state index contributed by atoms with van der Waals surface area (Å²) < 4.78 is 35.3. The summed E-state index contributed by atoms with van der Waals surface area (Å²) in [5, 5.41) is 0. The van der Waals surface area contributed by atoms with Gasteiger partial charge in [-0.15, -0.1) is 0 Å². The van der Waals surface area contributed by atoms with Crippen molar-refractivity contribution >= 4 is 26.4 Å². The molecule has 0 unspecified atom stereocenters. The van der Waals surface area contributed by atoms with E-state index in [4.69, 9.17) is 19.0 Å². The summed E-state index contributed by atoms with van der Waals surface area (Å²) in [4.78, 5) is 0. The second-order valence-corrected chi connectivity index (χ2v) is 17.5. The van der Waals surface area contributed by atoms with Gasteiger partial charge >= 0.3 is 0 Å². The molecule has 0 aliphatic carbocycles. The van der Waals surface area contributed by atoms with Crippen LogP contribution in [-0.4, -0.2) is 127 Å². The minimum absolute atomic E-state index is 0.725. The van der Waals surface area contributed by atoms with E-state index < -0.39 is 15.0 Å². The minimum Gasteiger partial charge on any atom is -0.494 e. The zero-order valence-corrected chi connectivity index (χ0v) is 27.5. The summed E-state index contributed by atoms with van der Waals surface area (Å²) in [6.07, 6.45) is 0. The van der Waals surface area contributed by atoms with Crippen molar-refractivity contribution in [3.8, 4) is 22.6 Å². The molecule has 0 fully saturated rings. The van der Waals surface area contributed by atoms with Crippen molar-refractivity contribution in [2.45, 2.75) is 0 Å². The number of methoxy groups -OCH3 is 2. The Morgan fingerprint density at radius 1 is 0.474 bits per heavy atom. The highest BCUT2D eigenvalue weighted by molar-refractivity contribution is 7.59. The molecule has 0 bridgehead atoms. The molecule has 0 heterocycles. The average molecular weight is 567 g/mol. The molecule has 0 aromatic heterocycles. The zero-order chi connectivity index (χ0) is 29.0. The van der Waals surface area contributed by atoms with Crippen molar-refractivity contribution in [3.63, 3.8) is 0 Å². The van der Waals surface area contributed by atoms with Crippen LogP contribution in [0.15, 0.2) is 45.9 Å². The third-order valence-corrected chi connectivity index (χ3v) is 13.8. The smallest absolute Gasteiger partial charge is 0.171 e. The van der Waals surface area contributed by atoms with Crippen molar-refractivity contribution in [3.05, 3.63) is 36.4 Å². The van der Waals surface area contributed by atoms with Crippen LogP contribution in [0.3, 0.4) is 0 Å². The lowest BCUT2D eigenvalue weighted by atomic mass is 10.0. The molecule has 0 N–H and O–H groups in total. The molecule has 0 saturated carbocycles. The average Bonchev–Trinajstić information content (AvgIpc) is 2.84. The van der Waals surface area contributed by atoms with Gasteiger partial charge in [-0.1, -0.05) is 12.1 Å². The Kier molecular flexibility index (Phi) is 11.2. The fourth-order valence-corrected chi connectivity index (χ4v) is 11.1. The Morgan fingerprint density at radius 3 is 0.947 bits per heavy atom. The van der Waals surface area contributed by atoms with E-state index in [1.807, 2.05) is 24.3 Å². The molecular weight excluding hydrogens is 518 g/mol. The highest BCUT2D eigenvalue weighted by atomic mass is 31.2. The highest BCUT2D eigenvalue weighted by Gasteiger charge is 2.30. The number of hydrogen-bond donors (Lipinski definition) is 0. The van der Waals surface area contributed by atoms with Crippen molar-refractivity contribution in [1.82, 2.24) is 28.0 Å². The molecule has 0 amide bonds. The van der Waals surface area contributed by atoms with E-state index >= 15 is 0 Å². The van der Waals surface area contributed by atoms with Gasteiger partial charge in [0.05, 0.1) is 14.2 Å². The lowest BCUT2D eigenvalue weighted by Crippen LogP contribution is -2.30. The lowest BCUT2D eigenvalue weighted by molar-refractivity contribution is 0.415. The first-order chi connectivity index (χ1) is 17.7. The molecule has 0 aliphatic rings. The molecule has 10 nitrogen and oxygen atoms in total. The maximum atomic E-state index is 5.82. The van der Waals surface area contributed by atoms with Crippen LogP contribution in [0, 0.1) is 0 Å². The quantitative estimate of drug-likeness (QED) is 0.312. The Morgan fingerprint density at radius 2 is 0.737 bits per heavy atom. The summed E-state index contributed by atoms with van der Waals surface area (Å²) in [5.41, 5.74) is 3.67. The summed E-state index contributed by atoms with van der Waals surface area (Å²) in [6.45, 7) is 0. The van der Waals surface area contributed by atoms with Crippen LogP contribution in [0.2, 0.25) is 0 Å². The van der Waals surface area contributed by atoms with Crippen LogP contribution in [0.1, 0.15) is 0 Å². The van der Waals surface area contributed by atoms with Gasteiger partial charge in [-0.05, 0) is 120 Å². The van der Waals surface area contributed by atoms with Gasteiger partial charge in [0.1, 0.15) is 22.9 Å². The van der Waals surface area contributed by atoms with Gasteiger partial charge in [0, 0.05) is 0 Å². The van der Waals surface area contributed by atoms with E-state index in [2.05, 4.69) is 125 Å². The number of hydrogen-bond acceptors (Lipinski definition) is 4. The first-order valence-electron chi connectivity index (χ1n) is 12.4. The van der Waals surface area contributed by atoms with Gasteiger partial charge in [-0.3, -0.25) is 28.0 Å². The van der Waals surface area contributed by atoms with E-state index in [1.54, 1.807) is 14.2 Å². The van der Waals surface area contributed by atoms with Gasteiger partial charge < -0.3 is 9.47 Å². The molecule has 2 rings (SSSR count). The third kappa shape index (κ3) is 6.19. The Hall–Kier alpha value is -1.74. The molecule has 0 spiro atoms. The van der Waals surface area contributed by atoms with Gasteiger partial charge in [-0.25, -0.2) is 9.49 Å². The molecule has 0 saturated heterocycles. The predicted octanol–water partition coefficient (Wildman–Crippen LogP) is 5.90. The van der Waals surface area contributed by atoms with Gasteiger partial charge in [0.15, 0.2) is 15.0 Å². The summed E-state index contributed by atoms with van der Waals surface area (Å²) in [5.74, 6) is 1.45. The Bertz CT molecular complexity index is 1060. The molecule has 0 radical (unpaired) electrons. The number of ether oxygens (including phenoxy) is 2. The minimum atomic E-state index is -2.12. The highest BCUT2D eigenvalue weighted by Crippen LogP contribution is 2.59. The molecule has 2 aromatic carbocycles. The van der Waals surface area contributed by atoms with E-state index in [0.717, 1.165) is 34.0 Å². The lowest BCUT2D eigenvalue weighted by Gasteiger charge is -2.41. The molecular formula is C26H48N8O2P2. The fourth-order valence-electron chi connectivity index (χ4n) is 4.85. The van der Waals surface area contributed by atoms with Crippen molar-refractivity contribution < 1.29 is 9.47 Å². The van der Waals surface area contributed by atoms with E-state index in [9.17, 15) is 0 Å². The number of benzene rings is 2. The van der Waals surface area contributed by atoms with E-state index in [0.29, 0.717) is 0 Å². The third-order valence-electron chi connectivity index (χ3n) is 6.40. The molecule has 12 heteroatoms. The Labute approximate surface area is 231 Å². The molecule has 0 aliphatic heterocycles. The van der Waals surface area contributed by atoms with Gasteiger partial charge in [-0.2, -0.15) is 0 Å². The first-order valence-corrected chi connectivity index (χ1v) is 15.6. The van der Waals surface area contributed by atoms with Crippen LogP contribution in [0.25, 0.3) is 11.1 Å². The first kappa shape index (κ1) is 32.5. The standard InChI is InChI=1S/C26H48N8O2P2/c1-29(2)37(30(3)4,31(5)6)27-23-17-15-21(19-25(23)35-13)22-16-18-24(26(20-22)36-14)28-38(32(7)8,33(9)10)34(11)12/h15-20H,1-14H3. The number of nitrogens with zero attached hydrogens (tertiary/aromatic N) is 8. The monoisotopic (exact) mass is 566 g/mol. The Balaban J connectivity index is 2.70. The van der Waals surface area contributed by atoms with Crippen LogP contribution in [0.4, 0.5) is 11.4 Å². The van der Waals surface area contributed by atoms with E-state index in [-0.39, 0.29) is 0 Å². The molecule has 38 heavy (non-hydrogen) atoms. The molecule has 2 aromatic rings. The topological polar surface area (TPSA) is 62.6 Å². The number of rotatable bonds is 11. The van der Waals surface area contributed by atoms with Crippen molar-refractivity contribution in [2.24, 2.45) is 9.49 Å². The maximum Gasteiger partial charge on any atom is 0.171 e. The summed E-state index contributed by atoms with van der Waals surface area (Å²) in [6, 6.07) is 12.3. The summed E-state index contributed by atoms with van der Waals surface area (Å²) >= 11 is 0. The SMILES string of the molecule is COc1cc(-c2ccc(N=P(N(C)C)(N(C)C)N(C)C)c(OC)c2)ccc1N=P(N(C)C)(N(C)C)N(C)C. The summed E-state index contributed by atoms with van der Waals surface area (Å²) in [7, 11) is 23.9. The predicted molar refractivity (Wildman–Crippen MR) is 165 cm³/mol. The van der Waals surface area contributed by atoms with Crippen LogP contribution < -0.4 is 9.47 Å². The van der Waals surface area contributed by atoms with Gasteiger partial charge in [0.25, 0.3) is 0 Å². The maximum absolute atomic E-state index is 5.82. The zero-order valence-electron chi connectivity index (χ0n) is 25.8. The second kappa shape index (κ2) is 13.1. The van der Waals surface area contributed by atoms with Crippen molar-refractivity contribution in [2.75, 3.05) is 98.8 Å². The van der Waals surface area contributed by atoms with Gasteiger partial charge in [0.2, 0.25) is 0 Å². The second-order valence-electron chi connectivity index (χ2n) is 10.1. The normalized spacial score (nSPS) is 12.8. The molecule has 214 valence electrons. The fraction of sp³-hybridized carbons (Fsp3) is 0.538. The molecule has 0 atom stereocenters. The van der Waals surface area contributed by atoms with Crippen LogP contribution in [0.5, 0.6) is 11.5 Å². The van der Waals surface area contributed by atoms with E-state index in [1.165, 1.54) is 0 Å². The van der Waals surface area contributed by atoms with Crippen LogP contribution in [-0.2, 0) is 0 Å². The largest absolute Gasteiger partial charge is 0.494 e. The van der Waals surface area contributed by atoms with Crippen molar-refractivity contribution in [1.29, 1.82) is 0 Å².